The third-order valence-electron chi connectivity index (χ3n) is 2.96. The predicted octanol–water partition coefficient (Wildman–Crippen LogP) is 4.85. The maximum Gasteiger partial charge on any atom is 0.412 e. The minimum atomic E-state index is -4.47. The second kappa shape index (κ2) is 5.53. The third-order valence-corrected chi connectivity index (χ3v) is 2.96. The Kier molecular flexibility index (Phi) is 3.97. The number of rotatable bonds is 3. The first kappa shape index (κ1) is 14.4. The van der Waals surface area contributed by atoms with E-state index in [1.165, 1.54) is 36.4 Å². The van der Waals surface area contributed by atoms with Crippen LogP contribution in [0.3, 0.4) is 0 Å². The van der Waals surface area contributed by atoms with Gasteiger partial charge in [-0.1, -0.05) is 36.4 Å². The Hall–Kier alpha value is -2.04. The van der Waals surface area contributed by atoms with Gasteiger partial charge in [0.2, 0.25) is 0 Å². The molecule has 0 amide bonds. The number of hydrogen-bond acceptors (Lipinski definition) is 1. The largest absolute Gasteiger partial charge is 0.412 e. The first-order valence-electron chi connectivity index (χ1n) is 6.02. The highest BCUT2D eigenvalue weighted by Crippen LogP contribution is 2.36. The van der Waals surface area contributed by atoms with Crippen LogP contribution in [0.1, 0.15) is 17.2 Å². The van der Waals surface area contributed by atoms with E-state index < -0.39 is 18.0 Å². The van der Waals surface area contributed by atoms with Crippen molar-refractivity contribution in [2.45, 2.75) is 19.1 Å². The van der Waals surface area contributed by atoms with Crippen LogP contribution >= 0.6 is 0 Å². The molecule has 0 radical (unpaired) electrons. The van der Waals surface area contributed by atoms with Crippen molar-refractivity contribution in [1.29, 1.82) is 0 Å². The molecule has 2 rings (SSSR count). The molecule has 0 fully saturated rings. The van der Waals surface area contributed by atoms with E-state index in [0.717, 1.165) is 6.07 Å². The molecule has 1 unspecified atom stereocenters. The highest BCUT2D eigenvalue weighted by Gasteiger charge is 2.40. The summed E-state index contributed by atoms with van der Waals surface area (Å²) in [6, 6.07) is 9.34. The zero-order valence-electron chi connectivity index (χ0n) is 10.7. The Balaban J connectivity index is 2.37. The lowest BCUT2D eigenvalue weighted by atomic mass is 10.1. The van der Waals surface area contributed by atoms with Gasteiger partial charge in [-0.2, -0.15) is 13.2 Å². The van der Waals surface area contributed by atoms with Gasteiger partial charge in [0, 0.05) is 5.69 Å². The van der Waals surface area contributed by atoms with Crippen molar-refractivity contribution in [3.05, 3.63) is 65.5 Å². The van der Waals surface area contributed by atoms with Crippen molar-refractivity contribution in [3.63, 3.8) is 0 Å². The van der Waals surface area contributed by atoms with Crippen molar-refractivity contribution < 1.29 is 17.6 Å². The summed E-state index contributed by atoms with van der Waals surface area (Å²) in [5, 5.41) is 2.38. The topological polar surface area (TPSA) is 12.0 Å². The highest BCUT2D eigenvalue weighted by atomic mass is 19.4. The summed E-state index contributed by atoms with van der Waals surface area (Å²) >= 11 is 0. The van der Waals surface area contributed by atoms with Crippen LogP contribution in [-0.2, 0) is 0 Å². The molecule has 0 spiro atoms. The first-order valence-corrected chi connectivity index (χ1v) is 6.02. The van der Waals surface area contributed by atoms with Gasteiger partial charge in [-0.25, -0.2) is 4.39 Å². The van der Waals surface area contributed by atoms with Gasteiger partial charge < -0.3 is 5.32 Å². The maximum absolute atomic E-state index is 13.2. The summed E-state index contributed by atoms with van der Waals surface area (Å²) in [7, 11) is 0. The third kappa shape index (κ3) is 3.29. The molecule has 2 aromatic carbocycles. The van der Waals surface area contributed by atoms with E-state index in [1.54, 1.807) is 13.0 Å². The number of halogens is 4. The first-order chi connectivity index (χ1) is 9.38. The Bertz CT molecular complexity index is 578. The molecular formula is C15H13F4N. The zero-order valence-corrected chi connectivity index (χ0v) is 10.7. The van der Waals surface area contributed by atoms with Crippen LogP contribution in [0.15, 0.2) is 48.5 Å². The fourth-order valence-electron chi connectivity index (χ4n) is 1.90. The molecule has 5 heteroatoms. The number of benzene rings is 2. The molecule has 0 heterocycles. The number of aryl methyl sites for hydroxylation is 1. The summed E-state index contributed by atoms with van der Waals surface area (Å²) in [5.74, 6) is -0.577. The average Bonchev–Trinajstić information content (AvgIpc) is 2.39. The van der Waals surface area contributed by atoms with Crippen LogP contribution < -0.4 is 5.32 Å². The van der Waals surface area contributed by atoms with E-state index >= 15 is 0 Å². The van der Waals surface area contributed by atoms with Crippen molar-refractivity contribution in [1.82, 2.24) is 0 Å². The van der Waals surface area contributed by atoms with Crippen molar-refractivity contribution in [2.75, 3.05) is 5.32 Å². The van der Waals surface area contributed by atoms with Crippen LogP contribution in [0, 0.1) is 12.7 Å². The van der Waals surface area contributed by atoms with Crippen LogP contribution in [0.25, 0.3) is 0 Å². The molecule has 0 aliphatic rings. The minimum absolute atomic E-state index is 0.0867. The van der Waals surface area contributed by atoms with Crippen molar-refractivity contribution >= 4 is 5.69 Å². The molecule has 1 N–H and O–H groups in total. The van der Waals surface area contributed by atoms with Gasteiger partial charge in [-0.05, 0) is 30.2 Å². The smallest absolute Gasteiger partial charge is 0.370 e. The summed E-state index contributed by atoms with van der Waals surface area (Å²) < 4.78 is 52.7. The predicted molar refractivity (Wildman–Crippen MR) is 70.0 cm³/mol. The summed E-state index contributed by atoms with van der Waals surface area (Å²) in [5.41, 5.74) is 0.774. The lowest BCUT2D eigenvalue weighted by molar-refractivity contribution is -0.144. The molecule has 2 aromatic rings. The van der Waals surface area contributed by atoms with E-state index in [1.807, 2.05) is 0 Å². The van der Waals surface area contributed by atoms with E-state index in [-0.39, 0.29) is 11.3 Å². The maximum atomic E-state index is 13.2. The fourth-order valence-corrected chi connectivity index (χ4v) is 1.90. The van der Waals surface area contributed by atoms with Crippen molar-refractivity contribution in [2.24, 2.45) is 0 Å². The Labute approximate surface area is 114 Å². The summed E-state index contributed by atoms with van der Waals surface area (Å²) in [6.45, 7) is 1.63. The van der Waals surface area contributed by atoms with E-state index in [9.17, 15) is 17.6 Å². The number of hydrogen-bond donors (Lipinski definition) is 1. The van der Waals surface area contributed by atoms with Gasteiger partial charge in [0.25, 0.3) is 0 Å². The van der Waals surface area contributed by atoms with Gasteiger partial charge in [-0.15, -0.1) is 0 Å². The molecule has 20 heavy (non-hydrogen) atoms. The molecule has 0 aliphatic carbocycles. The van der Waals surface area contributed by atoms with Gasteiger partial charge in [0.1, 0.15) is 11.9 Å². The summed E-state index contributed by atoms with van der Waals surface area (Å²) in [4.78, 5) is 0. The van der Waals surface area contributed by atoms with Crippen LogP contribution in [0.4, 0.5) is 23.2 Å². The molecule has 0 aliphatic heterocycles. The molecule has 0 aromatic heterocycles. The standard InChI is InChI=1S/C15H13F4N/c1-10-7-8-12(16)9-13(10)20-14(15(17,18)19)11-5-3-2-4-6-11/h2-9,14,20H,1H3. The lowest BCUT2D eigenvalue weighted by Gasteiger charge is -2.24. The molecule has 1 atom stereocenters. The second-order valence-electron chi connectivity index (χ2n) is 4.49. The van der Waals surface area contributed by atoms with Gasteiger partial charge in [0.05, 0.1) is 0 Å². The van der Waals surface area contributed by atoms with Gasteiger partial charge in [-0.3, -0.25) is 0 Å². The average molecular weight is 283 g/mol. The Morgan fingerprint density at radius 1 is 1.00 bits per heavy atom. The number of anilines is 1. The van der Waals surface area contributed by atoms with Crippen molar-refractivity contribution in [3.8, 4) is 0 Å². The molecule has 0 bridgehead atoms. The fraction of sp³-hybridized carbons (Fsp3) is 0.200. The van der Waals surface area contributed by atoms with E-state index in [4.69, 9.17) is 0 Å². The Morgan fingerprint density at radius 2 is 1.65 bits per heavy atom. The molecule has 106 valence electrons. The SMILES string of the molecule is Cc1ccc(F)cc1NC(c1ccccc1)C(F)(F)F. The van der Waals surface area contributed by atoms with E-state index in [2.05, 4.69) is 5.32 Å². The quantitative estimate of drug-likeness (QED) is 0.794. The van der Waals surface area contributed by atoms with Gasteiger partial charge in [0.15, 0.2) is 0 Å². The number of nitrogens with one attached hydrogen (secondary N) is 1. The normalized spacial score (nSPS) is 13.1. The van der Waals surface area contributed by atoms with Crippen LogP contribution in [-0.4, -0.2) is 6.18 Å². The highest BCUT2D eigenvalue weighted by molar-refractivity contribution is 5.52. The molecular weight excluding hydrogens is 270 g/mol. The lowest BCUT2D eigenvalue weighted by Crippen LogP contribution is -2.28. The zero-order chi connectivity index (χ0) is 14.8. The van der Waals surface area contributed by atoms with Crippen LogP contribution in [0.2, 0.25) is 0 Å². The Morgan fingerprint density at radius 3 is 2.25 bits per heavy atom. The monoisotopic (exact) mass is 283 g/mol. The second-order valence-corrected chi connectivity index (χ2v) is 4.49. The molecule has 1 nitrogen and oxygen atoms in total. The minimum Gasteiger partial charge on any atom is -0.370 e. The van der Waals surface area contributed by atoms with Crippen LogP contribution in [0.5, 0.6) is 0 Å². The number of alkyl halides is 3. The summed E-state index contributed by atoms with van der Waals surface area (Å²) in [6.07, 6.45) is -4.47. The van der Waals surface area contributed by atoms with Gasteiger partial charge >= 0.3 is 6.18 Å². The van der Waals surface area contributed by atoms with E-state index in [0.29, 0.717) is 5.56 Å². The molecule has 0 saturated heterocycles. The molecule has 0 saturated carbocycles.